The van der Waals surface area contributed by atoms with Gasteiger partial charge in [-0.2, -0.15) is 0 Å². The molecule has 0 fully saturated rings. The molecular weight excluding hydrogens is 396 g/mol. The molecule has 2 aromatic rings. The van der Waals surface area contributed by atoms with Crippen LogP contribution in [0.15, 0.2) is 42.5 Å². The molecule has 2 rings (SSSR count). The lowest BCUT2D eigenvalue weighted by atomic mass is 10.1. The molecule has 31 heavy (non-hydrogen) atoms. The van der Waals surface area contributed by atoms with Gasteiger partial charge in [0.15, 0.2) is 6.10 Å². The monoisotopic (exact) mass is 426 g/mol. The van der Waals surface area contributed by atoms with Gasteiger partial charge >= 0.3 is 5.97 Å². The average molecular weight is 427 g/mol. The molecule has 0 saturated heterocycles. The number of aryl methyl sites for hydroxylation is 2. The number of hydrogen-bond donors (Lipinski definition) is 2. The van der Waals surface area contributed by atoms with Crippen LogP contribution in [0.1, 0.15) is 48.2 Å². The molecule has 2 aromatic carbocycles. The Morgan fingerprint density at radius 3 is 2.42 bits per heavy atom. The molecule has 0 aromatic heterocycles. The minimum atomic E-state index is -0.996. The number of hydrogen-bond acceptors (Lipinski definition) is 5. The number of nitrogens with one attached hydrogen (secondary N) is 2. The fourth-order valence-electron chi connectivity index (χ4n) is 2.69. The van der Waals surface area contributed by atoms with Gasteiger partial charge in [-0.3, -0.25) is 14.4 Å². The van der Waals surface area contributed by atoms with Gasteiger partial charge < -0.3 is 20.1 Å². The van der Waals surface area contributed by atoms with Crippen molar-refractivity contribution in [2.45, 2.75) is 46.6 Å². The van der Waals surface area contributed by atoms with Gasteiger partial charge in [-0.15, -0.1) is 0 Å². The van der Waals surface area contributed by atoms with Gasteiger partial charge in [-0.25, -0.2) is 0 Å². The molecule has 0 spiro atoms. The molecule has 0 bridgehead atoms. The summed E-state index contributed by atoms with van der Waals surface area (Å²) < 4.78 is 10.7. The topological polar surface area (TPSA) is 93.7 Å². The zero-order chi connectivity index (χ0) is 22.8. The van der Waals surface area contributed by atoms with Crippen LogP contribution in [0.25, 0.3) is 0 Å². The average Bonchev–Trinajstić information content (AvgIpc) is 2.75. The van der Waals surface area contributed by atoms with E-state index in [2.05, 4.69) is 17.6 Å². The van der Waals surface area contributed by atoms with Gasteiger partial charge in [0, 0.05) is 11.3 Å². The van der Waals surface area contributed by atoms with Crippen LogP contribution in [0.4, 0.5) is 5.69 Å². The molecule has 166 valence electrons. The van der Waals surface area contributed by atoms with Gasteiger partial charge in [0.1, 0.15) is 12.3 Å². The van der Waals surface area contributed by atoms with Crippen LogP contribution < -0.4 is 15.4 Å². The molecule has 2 N–H and O–H groups in total. The predicted molar refractivity (Wildman–Crippen MR) is 119 cm³/mol. The van der Waals surface area contributed by atoms with Crippen molar-refractivity contribution in [3.63, 3.8) is 0 Å². The Labute approximate surface area is 183 Å². The number of ether oxygens (including phenoxy) is 2. The zero-order valence-electron chi connectivity index (χ0n) is 18.5. The second-order valence-corrected chi connectivity index (χ2v) is 7.35. The Balaban J connectivity index is 1.79. The highest BCUT2D eigenvalue weighted by atomic mass is 16.5. The van der Waals surface area contributed by atoms with Gasteiger partial charge in [0.05, 0.1) is 6.61 Å². The number of rotatable bonds is 10. The summed E-state index contributed by atoms with van der Waals surface area (Å²) in [5.41, 5.74) is 2.99. The van der Waals surface area contributed by atoms with Crippen molar-refractivity contribution < 1.29 is 23.9 Å². The van der Waals surface area contributed by atoms with Gasteiger partial charge in [0.2, 0.25) is 0 Å². The lowest BCUT2D eigenvalue weighted by Gasteiger charge is -2.15. The van der Waals surface area contributed by atoms with Crippen molar-refractivity contribution in [1.82, 2.24) is 5.32 Å². The summed E-state index contributed by atoms with van der Waals surface area (Å²) >= 11 is 0. The van der Waals surface area contributed by atoms with Gasteiger partial charge in [-0.1, -0.05) is 25.5 Å². The minimum Gasteiger partial charge on any atom is -0.494 e. The highest BCUT2D eigenvalue weighted by Crippen LogP contribution is 2.17. The first-order valence-electron chi connectivity index (χ1n) is 10.4. The van der Waals surface area contributed by atoms with Crippen LogP contribution in [0.5, 0.6) is 5.75 Å². The summed E-state index contributed by atoms with van der Waals surface area (Å²) in [6.07, 6.45) is 1.01. The van der Waals surface area contributed by atoms with E-state index in [1.165, 1.54) is 6.92 Å². The second-order valence-electron chi connectivity index (χ2n) is 7.35. The maximum Gasteiger partial charge on any atom is 0.326 e. The standard InChI is InChI=1S/C24H30N2O5/c1-5-6-13-30-20-11-9-19(10-12-20)24(29)25-15-22(27)31-18(4)23(28)26-21-14-16(2)7-8-17(21)3/h7-12,14,18H,5-6,13,15H2,1-4H3,(H,25,29)(H,26,28)/t18-/m0/s1. The number of amides is 2. The van der Waals surface area contributed by atoms with Crippen LogP contribution in [0, 0.1) is 13.8 Å². The Hall–Kier alpha value is -3.35. The summed E-state index contributed by atoms with van der Waals surface area (Å²) in [6.45, 7) is 7.66. The molecule has 7 heteroatoms. The van der Waals surface area contributed by atoms with Crippen LogP contribution in [-0.2, 0) is 14.3 Å². The minimum absolute atomic E-state index is 0.339. The van der Waals surface area contributed by atoms with Crippen molar-refractivity contribution in [2.24, 2.45) is 0 Å². The van der Waals surface area contributed by atoms with Crippen LogP contribution in [0.3, 0.4) is 0 Å². The smallest absolute Gasteiger partial charge is 0.326 e. The number of esters is 1. The predicted octanol–water partition coefficient (Wildman–Crippen LogP) is 3.78. The first kappa shape index (κ1) is 23.9. The Morgan fingerprint density at radius 2 is 1.74 bits per heavy atom. The first-order valence-corrected chi connectivity index (χ1v) is 10.4. The van der Waals surface area contributed by atoms with E-state index >= 15 is 0 Å². The number of unbranched alkanes of at least 4 members (excludes halogenated alkanes) is 1. The summed E-state index contributed by atoms with van der Waals surface area (Å²) in [6, 6.07) is 12.4. The molecule has 0 aliphatic rings. The maximum absolute atomic E-state index is 12.3. The van der Waals surface area contributed by atoms with E-state index in [9.17, 15) is 14.4 Å². The molecule has 0 unspecified atom stereocenters. The van der Waals surface area contributed by atoms with Gasteiger partial charge in [-0.05, 0) is 68.7 Å². The zero-order valence-corrected chi connectivity index (χ0v) is 18.5. The van der Waals surface area contributed by atoms with E-state index in [-0.39, 0.29) is 6.54 Å². The van der Waals surface area contributed by atoms with Gasteiger partial charge in [0.25, 0.3) is 11.8 Å². The molecule has 0 aliphatic carbocycles. The molecular formula is C24H30N2O5. The number of carbonyl (C=O) groups excluding carboxylic acids is 3. The number of carbonyl (C=O) groups is 3. The van der Waals surface area contributed by atoms with Crippen molar-refractivity contribution >= 4 is 23.5 Å². The van der Waals surface area contributed by atoms with E-state index in [1.54, 1.807) is 24.3 Å². The summed E-state index contributed by atoms with van der Waals surface area (Å²) in [5.74, 6) is -0.860. The summed E-state index contributed by atoms with van der Waals surface area (Å²) in [7, 11) is 0. The number of anilines is 1. The third kappa shape index (κ3) is 7.77. The highest BCUT2D eigenvalue weighted by molar-refractivity contribution is 5.97. The summed E-state index contributed by atoms with van der Waals surface area (Å²) in [4.78, 5) is 36.6. The Kier molecular flexibility index (Phi) is 9.06. The normalized spacial score (nSPS) is 11.4. The Bertz CT molecular complexity index is 909. The molecule has 1 atom stereocenters. The quantitative estimate of drug-likeness (QED) is 0.445. The molecule has 0 radical (unpaired) electrons. The second kappa shape index (κ2) is 11.7. The third-order valence-electron chi connectivity index (χ3n) is 4.60. The lowest BCUT2D eigenvalue weighted by Crippen LogP contribution is -2.35. The molecule has 2 amide bonds. The van der Waals surface area contributed by atoms with E-state index < -0.39 is 23.9 Å². The highest BCUT2D eigenvalue weighted by Gasteiger charge is 2.19. The molecule has 0 saturated carbocycles. The molecule has 7 nitrogen and oxygen atoms in total. The van der Waals surface area contributed by atoms with Crippen LogP contribution >= 0.6 is 0 Å². The van der Waals surface area contributed by atoms with E-state index in [0.29, 0.717) is 23.6 Å². The fourth-order valence-corrected chi connectivity index (χ4v) is 2.69. The van der Waals surface area contributed by atoms with E-state index in [0.717, 1.165) is 24.0 Å². The fraction of sp³-hybridized carbons (Fsp3) is 0.375. The van der Waals surface area contributed by atoms with Crippen molar-refractivity contribution in [1.29, 1.82) is 0 Å². The largest absolute Gasteiger partial charge is 0.494 e. The van der Waals surface area contributed by atoms with Crippen LogP contribution in [-0.4, -0.2) is 37.0 Å². The SMILES string of the molecule is CCCCOc1ccc(C(=O)NCC(=O)O[C@@H](C)C(=O)Nc2cc(C)ccc2C)cc1. The number of benzene rings is 2. The van der Waals surface area contributed by atoms with Crippen LogP contribution in [0.2, 0.25) is 0 Å². The van der Waals surface area contributed by atoms with E-state index in [4.69, 9.17) is 9.47 Å². The van der Waals surface area contributed by atoms with Crippen molar-refractivity contribution in [3.8, 4) is 5.75 Å². The molecule has 0 aliphatic heterocycles. The van der Waals surface area contributed by atoms with E-state index in [1.807, 2.05) is 32.0 Å². The maximum atomic E-state index is 12.3. The lowest BCUT2D eigenvalue weighted by molar-refractivity contribution is -0.152. The van der Waals surface area contributed by atoms with Crippen molar-refractivity contribution in [2.75, 3.05) is 18.5 Å². The Morgan fingerprint density at radius 1 is 1.03 bits per heavy atom. The first-order chi connectivity index (χ1) is 14.8. The summed E-state index contributed by atoms with van der Waals surface area (Å²) in [5, 5.41) is 5.25. The third-order valence-corrected chi connectivity index (χ3v) is 4.60. The van der Waals surface area contributed by atoms with Crippen molar-refractivity contribution in [3.05, 3.63) is 59.2 Å². The molecule has 0 heterocycles.